The summed E-state index contributed by atoms with van der Waals surface area (Å²) >= 11 is 0. The van der Waals surface area contributed by atoms with Crippen LogP contribution in [0.1, 0.15) is 0 Å². The van der Waals surface area contributed by atoms with E-state index in [4.69, 9.17) is 4.74 Å². The highest BCUT2D eigenvalue weighted by Crippen LogP contribution is 2.06. The van der Waals surface area contributed by atoms with Gasteiger partial charge in [0.2, 0.25) is 0 Å². The van der Waals surface area contributed by atoms with E-state index in [-0.39, 0.29) is 17.9 Å². The highest BCUT2D eigenvalue weighted by atomic mass is 35.5. The summed E-state index contributed by atoms with van der Waals surface area (Å²) in [6.45, 7) is 6.48. The van der Waals surface area contributed by atoms with E-state index in [0.29, 0.717) is 0 Å². The minimum absolute atomic E-state index is 0. The molecule has 0 radical (unpaired) electrons. The lowest BCUT2D eigenvalue weighted by atomic mass is 10.1. The highest BCUT2D eigenvalue weighted by molar-refractivity contribution is 5.85. The molecule has 3 N–H and O–H groups in total. The molecule has 2 saturated heterocycles. The van der Waals surface area contributed by atoms with Crippen molar-refractivity contribution in [3.8, 4) is 0 Å². The number of nitrogens with zero attached hydrogens (tertiary/aromatic N) is 1. The van der Waals surface area contributed by atoms with Crippen LogP contribution in [0.2, 0.25) is 0 Å². The molecule has 2 aliphatic rings. The Hall–Kier alpha value is 0.130. The predicted molar refractivity (Wildman–Crippen MR) is 49.9 cm³/mol. The van der Waals surface area contributed by atoms with Crippen molar-refractivity contribution in [1.82, 2.24) is 10.2 Å². The standard InChI is InChI=1S/C7H14N2O.ClH.H2O/c1-3-10-4-2-9(1)7-5-8-6-7;;/h7-8H,1-6H2;1H;1H2. The number of hydrogen-bond donors (Lipinski definition) is 1. The Bertz CT molecular complexity index is 116. The Morgan fingerprint density at radius 2 is 1.75 bits per heavy atom. The van der Waals surface area contributed by atoms with Gasteiger partial charge in [-0.2, -0.15) is 0 Å². The third-order valence-corrected chi connectivity index (χ3v) is 2.32. The van der Waals surface area contributed by atoms with Crippen LogP contribution in [0, 0.1) is 0 Å². The van der Waals surface area contributed by atoms with E-state index in [1.807, 2.05) is 0 Å². The van der Waals surface area contributed by atoms with Crippen LogP contribution in [0.3, 0.4) is 0 Å². The van der Waals surface area contributed by atoms with Crippen molar-refractivity contribution >= 4 is 12.4 Å². The fourth-order valence-electron chi connectivity index (χ4n) is 1.47. The molecular weight excluding hydrogens is 180 g/mol. The first-order chi connectivity index (χ1) is 4.97. The SMILES string of the molecule is C1CN(C2CNC2)CCO1.Cl.O. The zero-order valence-electron chi connectivity index (χ0n) is 7.08. The molecule has 2 aliphatic heterocycles. The van der Waals surface area contributed by atoms with Gasteiger partial charge in [-0.05, 0) is 0 Å². The number of morpholine rings is 1. The van der Waals surface area contributed by atoms with E-state index in [9.17, 15) is 0 Å². The van der Waals surface area contributed by atoms with Gasteiger partial charge >= 0.3 is 0 Å². The van der Waals surface area contributed by atoms with Gasteiger partial charge in [-0.1, -0.05) is 0 Å². The summed E-state index contributed by atoms with van der Waals surface area (Å²) in [5.41, 5.74) is 0. The maximum absolute atomic E-state index is 5.26. The van der Waals surface area contributed by atoms with Crippen molar-refractivity contribution in [3.05, 3.63) is 0 Å². The maximum atomic E-state index is 5.26. The fraction of sp³-hybridized carbons (Fsp3) is 1.00. The molecule has 0 aromatic carbocycles. The van der Waals surface area contributed by atoms with Crippen molar-refractivity contribution in [2.75, 3.05) is 39.4 Å². The van der Waals surface area contributed by atoms with E-state index in [1.165, 1.54) is 13.1 Å². The molecule has 0 amide bonds. The molecule has 74 valence electrons. The molecule has 0 aromatic heterocycles. The van der Waals surface area contributed by atoms with Gasteiger partial charge in [0.15, 0.2) is 0 Å². The van der Waals surface area contributed by atoms with Gasteiger partial charge in [0.1, 0.15) is 0 Å². The fourth-order valence-corrected chi connectivity index (χ4v) is 1.47. The zero-order valence-corrected chi connectivity index (χ0v) is 7.90. The lowest BCUT2D eigenvalue weighted by Crippen LogP contribution is -2.59. The van der Waals surface area contributed by atoms with Crippen molar-refractivity contribution in [3.63, 3.8) is 0 Å². The van der Waals surface area contributed by atoms with E-state index in [0.717, 1.165) is 32.3 Å². The smallest absolute Gasteiger partial charge is 0.0594 e. The van der Waals surface area contributed by atoms with Crippen LogP contribution in [0.15, 0.2) is 0 Å². The molecule has 2 rings (SSSR count). The molecular formula is C7H17ClN2O2. The van der Waals surface area contributed by atoms with Gasteiger partial charge in [0, 0.05) is 32.2 Å². The Morgan fingerprint density at radius 3 is 2.17 bits per heavy atom. The number of halogens is 1. The topological polar surface area (TPSA) is 56.0 Å². The first-order valence-corrected chi connectivity index (χ1v) is 3.99. The average molecular weight is 197 g/mol. The van der Waals surface area contributed by atoms with E-state index in [2.05, 4.69) is 10.2 Å². The van der Waals surface area contributed by atoms with Gasteiger partial charge in [-0.25, -0.2) is 0 Å². The molecule has 0 unspecified atom stereocenters. The first kappa shape index (κ1) is 12.1. The highest BCUT2D eigenvalue weighted by Gasteiger charge is 2.25. The molecule has 12 heavy (non-hydrogen) atoms. The van der Waals surface area contributed by atoms with E-state index >= 15 is 0 Å². The second-order valence-electron chi connectivity index (χ2n) is 2.96. The number of rotatable bonds is 1. The van der Waals surface area contributed by atoms with Gasteiger partial charge in [0.25, 0.3) is 0 Å². The Kier molecular flexibility index (Phi) is 5.78. The van der Waals surface area contributed by atoms with Crippen LogP contribution in [-0.2, 0) is 4.74 Å². The largest absolute Gasteiger partial charge is 0.412 e. The van der Waals surface area contributed by atoms with Crippen LogP contribution in [-0.4, -0.2) is 55.8 Å². The Morgan fingerprint density at radius 1 is 1.17 bits per heavy atom. The van der Waals surface area contributed by atoms with Crippen LogP contribution in [0.4, 0.5) is 0 Å². The van der Waals surface area contributed by atoms with Gasteiger partial charge in [0.05, 0.1) is 13.2 Å². The van der Waals surface area contributed by atoms with Crippen molar-refractivity contribution < 1.29 is 10.2 Å². The van der Waals surface area contributed by atoms with Crippen LogP contribution < -0.4 is 5.32 Å². The van der Waals surface area contributed by atoms with Crippen LogP contribution in [0.25, 0.3) is 0 Å². The first-order valence-electron chi connectivity index (χ1n) is 3.99. The lowest BCUT2D eigenvalue weighted by molar-refractivity contribution is 0.00509. The molecule has 0 aromatic rings. The number of nitrogens with one attached hydrogen (secondary N) is 1. The van der Waals surface area contributed by atoms with Gasteiger partial charge < -0.3 is 15.5 Å². The number of hydrogen-bond acceptors (Lipinski definition) is 3. The molecule has 2 heterocycles. The normalized spacial score (nSPS) is 25.0. The minimum Gasteiger partial charge on any atom is -0.412 e. The van der Waals surface area contributed by atoms with E-state index in [1.54, 1.807) is 0 Å². The summed E-state index contributed by atoms with van der Waals surface area (Å²) < 4.78 is 5.26. The molecule has 0 bridgehead atoms. The molecule has 0 atom stereocenters. The summed E-state index contributed by atoms with van der Waals surface area (Å²) in [6, 6.07) is 0.809. The second kappa shape index (κ2) is 5.72. The van der Waals surface area contributed by atoms with E-state index < -0.39 is 0 Å². The zero-order chi connectivity index (χ0) is 6.81. The van der Waals surface area contributed by atoms with Gasteiger partial charge in [-0.3, -0.25) is 4.90 Å². The van der Waals surface area contributed by atoms with Crippen molar-refractivity contribution in [1.29, 1.82) is 0 Å². The summed E-state index contributed by atoms with van der Waals surface area (Å²) in [6.07, 6.45) is 0. The monoisotopic (exact) mass is 196 g/mol. The van der Waals surface area contributed by atoms with Gasteiger partial charge in [-0.15, -0.1) is 12.4 Å². The van der Waals surface area contributed by atoms with Crippen molar-refractivity contribution in [2.24, 2.45) is 0 Å². The molecule has 0 saturated carbocycles. The summed E-state index contributed by atoms with van der Waals surface area (Å²) in [5.74, 6) is 0. The Labute approximate surface area is 79.0 Å². The van der Waals surface area contributed by atoms with Crippen LogP contribution >= 0.6 is 12.4 Å². The average Bonchev–Trinajstić information content (AvgIpc) is 1.86. The molecule has 0 aliphatic carbocycles. The Balaban J connectivity index is 0.000000605. The predicted octanol–water partition coefficient (Wildman–Crippen LogP) is -1.11. The summed E-state index contributed by atoms with van der Waals surface area (Å²) in [5, 5.41) is 3.28. The third-order valence-electron chi connectivity index (χ3n) is 2.32. The second-order valence-corrected chi connectivity index (χ2v) is 2.96. The lowest BCUT2D eigenvalue weighted by Gasteiger charge is -2.40. The molecule has 5 heteroatoms. The molecule has 2 fully saturated rings. The minimum atomic E-state index is 0. The summed E-state index contributed by atoms with van der Waals surface area (Å²) in [7, 11) is 0. The number of ether oxygens (including phenoxy) is 1. The quantitative estimate of drug-likeness (QED) is 0.579. The molecule has 4 nitrogen and oxygen atoms in total. The maximum Gasteiger partial charge on any atom is 0.0594 e. The summed E-state index contributed by atoms with van der Waals surface area (Å²) in [4.78, 5) is 2.51. The molecule has 0 spiro atoms. The third kappa shape index (κ3) is 2.57. The van der Waals surface area contributed by atoms with Crippen molar-refractivity contribution in [2.45, 2.75) is 6.04 Å². The van der Waals surface area contributed by atoms with Crippen LogP contribution in [0.5, 0.6) is 0 Å².